The van der Waals surface area contributed by atoms with E-state index in [1.54, 1.807) is 10.6 Å². The van der Waals surface area contributed by atoms with Crippen LogP contribution in [0.5, 0.6) is 0 Å². The van der Waals surface area contributed by atoms with Gasteiger partial charge in [-0.1, -0.05) is 48.5 Å². The number of rotatable bonds is 2. The summed E-state index contributed by atoms with van der Waals surface area (Å²) in [7, 11) is -1.40. The smallest absolute Gasteiger partial charge is 0.0620 e. The van der Waals surface area contributed by atoms with Crippen molar-refractivity contribution >= 4 is 28.5 Å². The first-order valence-corrected chi connectivity index (χ1v) is 8.33. The highest BCUT2D eigenvalue weighted by molar-refractivity contribution is 8.10. The van der Waals surface area contributed by atoms with E-state index in [2.05, 4.69) is 84.9 Å². The fourth-order valence-electron chi connectivity index (χ4n) is 2.98. The normalized spacial score (nSPS) is 14.7. The Balaban J connectivity index is 1.98. The van der Waals surface area contributed by atoms with E-state index in [1.165, 1.54) is 10.6 Å². The quantitative estimate of drug-likeness (QED) is 0.487. The Bertz CT molecular complexity index is 652. The van der Waals surface area contributed by atoms with Crippen LogP contribution < -0.4 is 21.2 Å². The van der Waals surface area contributed by atoms with Gasteiger partial charge in [0, 0.05) is 0 Å². The largest absolute Gasteiger partial charge is 0.153 e. The van der Waals surface area contributed by atoms with Crippen molar-refractivity contribution in [3.63, 3.8) is 0 Å². The molecule has 3 aromatic carbocycles. The van der Waals surface area contributed by atoms with Gasteiger partial charge in [-0.3, -0.25) is 0 Å². The SMILES string of the molecule is c1ccc([P+]2(c3ccccc3)c3ccccc32)cc1. The first-order chi connectivity index (χ1) is 9.44. The molecule has 0 radical (unpaired) electrons. The van der Waals surface area contributed by atoms with Crippen LogP contribution >= 0.6 is 7.26 Å². The van der Waals surface area contributed by atoms with Gasteiger partial charge in [0.05, 0.1) is 0 Å². The van der Waals surface area contributed by atoms with Gasteiger partial charge in [-0.2, -0.15) is 0 Å². The predicted molar refractivity (Wildman–Crippen MR) is 84.8 cm³/mol. The molecular formula is C18H14P+. The van der Waals surface area contributed by atoms with Gasteiger partial charge < -0.3 is 0 Å². The molecule has 0 amide bonds. The molecule has 1 heterocycles. The van der Waals surface area contributed by atoms with Crippen molar-refractivity contribution in [1.29, 1.82) is 0 Å². The van der Waals surface area contributed by atoms with E-state index in [9.17, 15) is 0 Å². The molecule has 0 spiro atoms. The van der Waals surface area contributed by atoms with E-state index >= 15 is 0 Å². The fourth-order valence-corrected chi connectivity index (χ4v) is 7.26. The van der Waals surface area contributed by atoms with E-state index in [-0.39, 0.29) is 0 Å². The van der Waals surface area contributed by atoms with Crippen LogP contribution in [0.3, 0.4) is 0 Å². The van der Waals surface area contributed by atoms with Gasteiger partial charge in [-0.15, -0.1) is 0 Å². The first kappa shape index (κ1) is 11.0. The molecule has 0 aromatic heterocycles. The topological polar surface area (TPSA) is 0 Å². The first-order valence-electron chi connectivity index (χ1n) is 6.54. The second kappa shape index (κ2) is 4.05. The lowest BCUT2D eigenvalue weighted by molar-refractivity contribution is 1.75. The summed E-state index contributed by atoms with van der Waals surface area (Å²) in [4.78, 5) is 0. The molecule has 4 rings (SSSR count). The summed E-state index contributed by atoms with van der Waals surface area (Å²) in [6.45, 7) is 0. The zero-order chi connectivity index (χ0) is 12.7. The van der Waals surface area contributed by atoms with E-state index in [4.69, 9.17) is 0 Å². The monoisotopic (exact) mass is 261 g/mol. The highest BCUT2D eigenvalue weighted by atomic mass is 31.2. The molecule has 0 bridgehead atoms. The standard InChI is InChI=1S/C18H14P/c1-3-9-15(10-4-1)19(16-11-5-2-6-12-16)17-13-7-8-14-18(17)19/h1-14H/q+1. The Morgan fingerprint density at radius 2 is 0.789 bits per heavy atom. The van der Waals surface area contributed by atoms with Gasteiger partial charge in [0.25, 0.3) is 0 Å². The van der Waals surface area contributed by atoms with Crippen molar-refractivity contribution in [2.45, 2.75) is 0 Å². The molecule has 90 valence electrons. The van der Waals surface area contributed by atoms with Crippen molar-refractivity contribution in [1.82, 2.24) is 0 Å². The van der Waals surface area contributed by atoms with Gasteiger partial charge >= 0.3 is 0 Å². The Morgan fingerprint density at radius 1 is 0.421 bits per heavy atom. The summed E-state index contributed by atoms with van der Waals surface area (Å²) < 4.78 is 0. The Kier molecular flexibility index (Phi) is 2.33. The molecule has 0 N–H and O–H groups in total. The summed E-state index contributed by atoms with van der Waals surface area (Å²) in [6, 6.07) is 30.8. The van der Waals surface area contributed by atoms with Crippen LogP contribution in [0, 0.1) is 0 Å². The van der Waals surface area contributed by atoms with Crippen molar-refractivity contribution in [2.24, 2.45) is 0 Å². The number of hydrogen-bond donors (Lipinski definition) is 0. The highest BCUT2D eigenvalue weighted by Gasteiger charge is 2.64. The lowest BCUT2D eigenvalue weighted by Crippen LogP contribution is -2.18. The summed E-state index contributed by atoms with van der Waals surface area (Å²) >= 11 is 0. The summed E-state index contributed by atoms with van der Waals surface area (Å²) in [5, 5.41) is 6.05. The van der Waals surface area contributed by atoms with E-state index in [0.717, 1.165) is 0 Å². The molecule has 0 atom stereocenters. The van der Waals surface area contributed by atoms with Gasteiger partial charge in [0.2, 0.25) is 0 Å². The van der Waals surface area contributed by atoms with Crippen molar-refractivity contribution < 1.29 is 0 Å². The number of fused-ring (bicyclic) bond motifs is 1. The molecular weight excluding hydrogens is 247 g/mol. The summed E-state index contributed by atoms with van der Waals surface area (Å²) in [5.74, 6) is 0. The minimum absolute atomic E-state index is 1.40. The van der Waals surface area contributed by atoms with Gasteiger partial charge in [-0.05, 0) is 36.4 Å². The van der Waals surface area contributed by atoms with Crippen LogP contribution in [-0.2, 0) is 0 Å². The summed E-state index contributed by atoms with van der Waals surface area (Å²) in [5.41, 5.74) is 0. The third-order valence-corrected chi connectivity index (χ3v) is 7.99. The van der Waals surface area contributed by atoms with E-state index in [0.29, 0.717) is 0 Å². The van der Waals surface area contributed by atoms with Crippen LogP contribution in [0.25, 0.3) is 0 Å². The zero-order valence-corrected chi connectivity index (χ0v) is 11.4. The third kappa shape index (κ3) is 1.44. The average molecular weight is 261 g/mol. The fraction of sp³-hybridized carbons (Fsp3) is 0. The minimum Gasteiger partial charge on any atom is -0.0620 e. The molecule has 0 saturated heterocycles. The van der Waals surface area contributed by atoms with Crippen molar-refractivity contribution in [2.75, 3.05) is 0 Å². The second-order valence-corrected chi connectivity index (χ2v) is 8.17. The third-order valence-electron chi connectivity index (χ3n) is 3.84. The number of hydrogen-bond acceptors (Lipinski definition) is 0. The molecule has 3 aromatic rings. The van der Waals surface area contributed by atoms with Crippen LogP contribution in [0.2, 0.25) is 0 Å². The molecule has 0 fully saturated rings. The Labute approximate surface area is 114 Å². The molecule has 1 aliphatic rings. The van der Waals surface area contributed by atoms with Gasteiger partial charge in [-0.25, -0.2) is 0 Å². The van der Waals surface area contributed by atoms with E-state index < -0.39 is 7.26 Å². The van der Waals surface area contributed by atoms with Gasteiger partial charge in [0.15, 0.2) is 17.9 Å². The summed E-state index contributed by atoms with van der Waals surface area (Å²) in [6.07, 6.45) is 0. The van der Waals surface area contributed by atoms with Gasteiger partial charge in [0.1, 0.15) is 10.6 Å². The van der Waals surface area contributed by atoms with Crippen LogP contribution in [0.4, 0.5) is 0 Å². The minimum atomic E-state index is -1.40. The van der Waals surface area contributed by atoms with E-state index in [1.807, 2.05) is 0 Å². The maximum Gasteiger partial charge on any atom is 0.153 e. The Morgan fingerprint density at radius 3 is 1.21 bits per heavy atom. The maximum atomic E-state index is 2.29. The van der Waals surface area contributed by atoms with Crippen molar-refractivity contribution in [3.05, 3.63) is 84.9 Å². The molecule has 0 saturated carbocycles. The molecule has 0 aliphatic carbocycles. The van der Waals surface area contributed by atoms with Crippen molar-refractivity contribution in [3.8, 4) is 0 Å². The lowest BCUT2D eigenvalue weighted by Gasteiger charge is -2.08. The van der Waals surface area contributed by atoms with Crippen LogP contribution in [0.15, 0.2) is 84.9 Å². The molecule has 1 heteroatoms. The Hall–Kier alpha value is -1.91. The molecule has 1 aliphatic heterocycles. The molecule has 19 heavy (non-hydrogen) atoms. The number of benzene rings is 3. The lowest BCUT2D eigenvalue weighted by atomic mass is 10.4. The van der Waals surface area contributed by atoms with Crippen LogP contribution in [0.1, 0.15) is 0 Å². The molecule has 0 nitrogen and oxygen atoms in total. The average Bonchev–Trinajstić information content (AvgIpc) is 3.19. The second-order valence-electron chi connectivity index (χ2n) is 4.83. The maximum absolute atomic E-state index is 2.29. The predicted octanol–water partition coefficient (Wildman–Crippen LogP) is 2.62. The van der Waals surface area contributed by atoms with Crippen LogP contribution in [-0.4, -0.2) is 0 Å². The highest BCUT2D eigenvalue weighted by Crippen LogP contribution is 2.64. The zero-order valence-electron chi connectivity index (χ0n) is 10.5. The molecule has 0 unspecified atom stereocenters.